The van der Waals surface area contributed by atoms with Crippen molar-refractivity contribution >= 4 is 45.9 Å². The van der Waals surface area contributed by atoms with Crippen molar-refractivity contribution in [3.05, 3.63) is 24.3 Å². The summed E-state index contributed by atoms with van der Waals surface area (Å²) in [7, 11) is 1.60. The summed E-state index contributed by atoms with van der Waals surface area (Å²) in [4.78, 5) is 23.7. The summed E-state index contributed by atoms with van der Waals surface area (Å²) in [6, 6.07) is 7.25. The Balaban J connectivity index is 1.53. The second-order valence-corrected chi connectivity index (χ2v) is 8.26. The van der Waals surface area contributed by atoms with Crippen molar-refractivity contribution in [3.63, 3.8) is 0 Å². The number of benzene rings is 1. The standard InChI is InChI=1S/C16H19N5O3S2/c1-9(13(22)19-14(23)17-10-7-8-10)25-16-21-20-15(26-16)18-11-5-3-4-6-12(11)24-2/h3-6,9-10H,7-8H2,1-2H3,(H,18,20)(H2,17,19,22,23). The van der Waals surface area contributed by atoms with Gasteiger partial charge < -0.3 is 15.4 Å². The van der Waals surface area contributed by atoms with E-state index in [1.54, 1.807) is 14.0 Å². The molecule has 1 heterocycles. The fourth-order valence-electron chi connectivity index (χ4n) is 2.04. The van der Waals surface area contributed by atoms with Gasteiger partial charge >= 0.3 is 6.03 Å². The van der Waals surface area contributed by atoms with E-state index >= 15 is 0 Å². The van der Waals surface area contributed by atoms with Crippen molar-refractivity contribution in [1.82, 2.24) is 20.8 Å². The molecule has 0 spiro atoms. The summed E-state index contributed by atoms with van der Waals surface area (Å²) in [5, 5.41) is 16.5. The minimum atomic E-state index is -0.466. The number of hydrogen-bond acceptors (Lipinski definition) is 8. The maximum atomic E-state index is 12.1. The second kappa shape index (κ2) is 8.37. The molecule has 1 aromatic heterocycles. The summed E-state index contributed by atoms with van der Waals surface area (Å²) < 4.78 is 5.92. The molecular weight excluding hydrogens is 374 g/mol. The number of urea groups is 1. The molecule has 1 aliphatic carbocycles. The average Bonchev–Trinajstić information content (AvgIpc) is 3.33. The Bertz CT molecular complexity index is 794. The van der Waals surface area contributed by atoms with Crippen LogP contribution in [0.3, 0.4) is 0 Å². The molecule has 1 aliphatic rings. The van der Waals surface area contributed by atoms with Crippen LogP contribution in [0, 0.1) is 0 Å². The van der Waals surface area contributed by atoms with Crippen LogP contribution in [0.2, 0.25) is 0 Å². The minimum Gasteiger partial charge on any atom is -0.495 e. The molecule has 10 heteroatoms. The SMILES string of the molecule is COc1ccccc1Nc1nnc(SC(C)C(=O)NC(=O)NC2CC2)s1. The molecule has 1 atom stereocenters. The number of amides is 3. The molecule has 1 aromatic carbocycles. The summed E-state index contributed by atoms with van der Waals surface area (Å²) in [5.41, 5.74) is 0.783. The number of carbonyl (C=O) groups excluding carboxylic acids is 2. The Morgan fingerprint density at radius 2 is 2.08 bits per heavy atom. The topological polar surface area (TPSA) is 105 Å². The Morgan fingerprint density at radius 3 is 2.81 bits per heavy atom. The molecule has 0 bridgehead atoms. The van der Waals surface area contributed by atoms with E-state index in [0.29, 0.717) is 15.2 Å². The number of imide groups is 1. The molecule has 0 saturated heterocycles. The predicted molar refractivity (Wildman–Crippen MR) is 101 cm³/mol. The Morgan fingerprint density at radius 1 is 1.31 bits per heavy atom. The summed E-state index contributed by atoms with van der Waals surface area (Å²) in [6.07, 6.45) is 1.94. The highest BCUT2D eigenvalue weighted by Gasteiger charge is 2.25. The number of nitrogens with one attached hydrogen (secondary N) is 3. The lowest BCUT2D eigenvalue weighted by molar-refractivity contribution is -0.119. The molecule has 0 aliphatic heterocycles. The molecule has 0 radical (unpaired) electrons. The van der Waals surface area contributed by atoms with Gasteiger partial charge in [-0.05, 0) is 31.9 Å². The first-order valence-electron chi connectivity index (χ1n) is 8.06. The third-order valence-corrected chi connectivity index (χ3v) is 5.57. The van der Waals surface area contributed by atoms with Gasteiger partial charge in [-0.1, -0.05) is 35.2 Å². The Kier molecular flexibility index (Phi) is 5.94. The van der Waals surface area contributed by atoms with Crippen molar-refractivity contribution in [2.45, 2.75) is 35.4 Å². The van der Waals surface area contributed by atoms with Crippen molar-refractivity contribution in [2.24, 2.45) is 0 Å². The number of carbonyl (C=O) groups is 2. The first-order chi connectivity index (χ1) is 12.5. The van der Waals surface area contributed by atoms with Gasteiger partial charge in [0, 0.05) is 6.04 Å². The van der Waals surface area contributed by atoms with E-state index in [1.807, 2.05) is 24.3 Å². The monoisotopic (exact) mass is 393 g/mol. The van der Waals surface area contributed by atoms with E-state index in [1.165, 1.54) is 23.1 Å². The fourth-order valence-corrected chi connectivity index (χ4v) is 3.95. The lowest BCUT2D eigenvalue weighted by Crippen LogP contribution is -2.43. The van der Waals surface area contributed by atoms with Crippen LogP contribution in [0.5, 0.6) is 5.75 Å². The van der Waals surface area contributed by atoms with Crippen LogP contribution < -0.4 is 20.7 Å². The van der Waals surface area contributed by atoms with E-state index in [-0.39, 0.29) is 11.9 Å². The van der Waals surface area contributed by atoms with Gasteiger partial charge in [-0.25, -0.2) is 4.79 Å². The largest absolute Gasteiger partial charge is 0.495 e. The van der Waals surface area contributed by atoms with Gasteiger partial charge in [0.15, 0.2) is 4.34 Å². The quantitative estimate of drug-likeness (QED) is 0.621. The Labute approximate surface area is 159 Å². The van der Waals surface area contributed by atoms with Crippen molar-refractivity contribution < 1.29 is 14.3 Å². The van der Waals surface area contributed by atoms with Gasteiger partial charge in [0.1, 0.15) is 5.75 Å². The second-order valence-electron chi connectivity index (χ2n) is 5.70. The summed E-state index contributed by atoms with van der Waals surface area (Å²) >= 11 is 2.58. The predicted octanol–water partition coefficient (Wildman–Crippen LogP) is 2.76. The van der Waals surface area contributed by atoms with Crippen LogP contribution >= 0.6 is 23.1 Å². The van der Waals surface area contributed by atoms with Crippen LogP contribution in [0.4, 0.5) is 15.6 Å². The highest BCUT2D eigenvalue weighted by molar-refractivity contribution is 8.02. The molecule has 1 saturated carbocycles. The fraction of sp³-hybridized carbons (Fsp3) is 0.375. The first kappa shape index (κ1) is 18.5. The van der Waals surface area contributed by atoms with Crippen molar-refractivity contribution in [3.8, 4) is 5.75 Å². The van der Waals surface area contributed by atoms with Gasteiger partial charge in [0.25, 0.3) is 0 Å². The zero-order valence-corrected chi connectivity index (χ0v) is 15.9. The number of hydrogen-bond donors (Lipinski definition) is 3. The average molecular weight is 393 g/mol. The van der Waals surface area contributed by atoms with Gasteiger partial charge in [0.2, 0.25) is 11.0 Å². The van der Waals surface area contributed by atoms with Crippen LogP contribution in [-0.4, -0.2) is 40.5 Å². The molecule has 3 N–H and O–H groups in total. The van der Waals surface area contributed by atoms with Gasteiger partial charge in [0.05, 0.1) is 18.0 Å². The van der Waals surface area contributed by atoms with Gasteiger partial charge in [-0.15, -0.1) is 10.2 Å². The van der Waals surface area contributed by atoms with Crippen LogP contribution in [0.1, 0.15) is 19.8 Å². The van der Waals surface area contributed by atoms with Gasteiger partial charge in [-0.3, -0.25) is 10.1 Å². The molecule has 2 aromatic rings. The van der Waals surface area contributed by atoms with E-state index in [0.717, 1.165) is 18.5 Å². The first-order valence-corrected chi connectivity index (χ1v) is 9.76. The maximum absolute atomic E-state index is 12.1. The Hall–Kier alpha value is -2.33. The number of anilines is 2. The third-order valence-electron chi connectivity index (χ3n) is 3.55. The number of aromatic nitrogens is 2. The van der Waals surface area contributed by atoms with E-state index in [4.69, 9.17) is 4.74 Å². The number of nitrogens with zero attached hydrogens (tertiary/aromatic N) is 2. The maximum Gasteiger partial charge on any atom is 0.321 e. The number of methoxy groups -OCH3 is 1. The molecule has 3 rings (SSSR count). The van der Waals surface area contributed by atoms with Crippen LogP contribution in [0.15, 0.2) is 28.6 Å². The normalized spacial score (nSPS) is 14.4. The smallest absolute Gasteiger partial charge is 0.321 e. The summed E-state index contributed by atoms with van der Waals surface area (Å²) in [5.74, 6) is 0.342. The van der Waals surface area contributed by atoms with E-state index in [2.05, 4.69) is 26.1 Å². The van der Waals surface area contributed by atoms with Crippen molar-refractivity contribution in [1.29, 1.82) is 0 Å². The molecule has 26 heavy (non-hydrogen) atoms. The highest BCUT2D eigenvalue weighted by Crippen LogP contribution is 2.32. The zero-order chi connectivity index (χ0) is 18.5. The molecule has 3 amide bonds. The van der Waals surface area contributed by atoms with E-state index < -0.39 is 11.3 Å². The molecule has 1 unspecified atom stereocenters. The lowest BCUT2D eigenvalue weighted by Gasteiger charge is -2.09. The lowest BCUT2D eigenvalue weighted by atomic mass is 10.3. The molecule has 138 valence electrons. The van der Waals surface area contributed by atoms with Gasteiger partial charge in [-0.2, -0.15) is 0 Å². The molecular formula is C16H19N5O3S2. The third kappa shape index (κ3) is 5.09. The number of ether oxygens (including phenoxy) is 1. The highest BCUT2D eigenvalue weighted by atomic mass is 32.2. The number of thioether (sulfide) groups is 1. The van der Waals surface area contributed by atoms with Crippen molar-refractivity contribution in [2.75, 3.05) is 12.4 Å². The van der Waals surface area contributed by atoms with Crippen LogP contribution in [-0.2, 0) is 4.79 Å². The molecule has 8 nitrogen and oxygen atoms in total. The summed E-state index contributed by atoms with van der Waals surface area (Å²) in [6.45, 7) is 1.72. The zero-order valence-electron chi connectivity index (χ0n) is 14.3. The molecule has 1 fully saturated rings. The van der Waals surface area contributed by atoms with E-state index in [9.17, 15) is 9.59 Å². The van der Waals surface area contributed by atoms with Crippen LogP contribution in [0.25, 0.3) is 0 Å². The number of para-hydroxylation sites is 2. The minimum absolute atomic E-state index is 0.206. The number of rotatable bonds is 7.